The van der Waals surface area contributed by atoms with E-state index in [2.05, 4.69) is 52.4 Å². The lowest BCUT2D eigenvalue weighted by molar-refractivity contribution is 0.377. The molecule has 2 heterocycles. The summed E-state index contributed by atoms with van der Waals surface area (Å²) in [6.07, 6.45) is 3.87. The zero-order valence-electron chi connectivity index (χ0n) is 11.0. The number of nitrogens with one attached hydrogen (secondary N) is 1. The van der Waals surface area contributed by atoms with Crippen LogP contribution in [0.25, 0.3) is 10.9 Å². The minimum atomic E-state index is 0.715. The zero-order valence-corrected chi connectivity index (χ0v) is 11.0. The van der Waals surface area contributed by atoms with Gasteiger partial charge in [0.05, 0.1) is 12.7 Å². The quantitative estimate of drug-likeness (QED) is 0.762. The van der Waals surface area contributed by atoms with Crippen molar-refractivity contribution in [2.45, 2.75) is 20.0 Å². The minimum absolute atomic E-state index is 0.715. The lowest BCUT2D eigenvalue weighted by atomic mass is 10.2. The predicted octanol–water partition coefficient (Wildman–Crippen LogP) is 2.79. The fourth-order valence-corrected chi connectivity index (χ4v) is 2.35. The molecule has 19 heavy (non-hydrogen) atoms. The van der Waals surface area contributed by atoms with Gasteiger partial charge in [0.15, 0.2) is 5.76 Å². The number of hydrogen-bond donors (Lipinski definition) is 1. The van der Waals surface area contributed by atoms with Gasteiger partial charge in [0.1, 0.15) is 0 Å². The van der Waals surface area contributed by atoms with E-state index < -0.39 is 0 Å². The molecule has 0 radical (unpaired) electrons. The maximum Gasteiger partial charge on any atom is 0.156 e. The Labute approximate surface area is 112 Å². The number of hydrogen-bond acceptors (Lipinski definition) is 3. The Morgan fingerprint density at radius 2 is 2.16 bits per heavy atom. The second-order valence-corrected chi connectivity index (χ2v) is 4.56. The van der Waals surface area contributed by atoms with Gasteiger partial charge >= 0.3 is 0 Å². The van der Waals surface area contributed by atoms with Crippen LogP contribution in [0.3, 0.4) is 0 Å². The summed E-state index contributed by atoms with van der Waals surface area (Å²) < 4.78 is 7.40. The minimum Gasteiger partial charge on any atom is -0.359 e. The highest BCUT2D eigenvalue weighted by molar-refractivity contribution is 5.84. The third kappa shape index (κ3) is 2.39. The molecule has 0 unspecified atom stereocenters. The smallest absolute Gasteiger partial charge is 0.156 e. The number of rotatable bonds is 5. The van der Waals surface area contributed by atoms with E-state index >= 15 is 0 Å². The van der Waals surface area contributed by atoms with Crippen molar-refractivity contribution in [2.24, 2.45) is 0 Å². The van der Waals surface area contributed by atoms with Crippen LogP contribution in [0, 0.1) is 0 Å². The second kappa shape index (κ2) is 5.28. The Hall–Kier alpha value is -2.07. The fourth-order valence-electron chi connectivity index (χ4n) is 2.35. The number of para-hydroxylation sites is 1. The summed E-state index contributed by atoms with van der Waals surface area (Å²) in [7, 11) is 0. The summed E-state index contributed by atoms with van der Waals surface area (Å²) in [6.45, 7) is 4.70. The average molecular weight is 255 g/mol. The van der Waals surface area contributed by atoms with E-state index in [4.69, 9.17) is 4.52 Å². The molecule has 0 aliphatic carbocycles. The Morgan fingerprint density at radius 3 is 2.95 bits per heavy atom. The Bertz CT molecular complexity index is 655. The Kier molecular flexibility index (Phi) is 3.33. The van der Waals surface area contributed by atoms with Gasteiger partial charge in [-0.25, -0.2) is 0 Å². The van der Waals surface area contributed by atoms with Crippen molar-refractivity contribution in [3.05, 3.63) is 54.0 Å². The second-order valence-electron chi connectivity index (χ2n) is 4.56. The highest BCUT2D eigenvalue weighted by atomic mass is 16.5. The SMILES string of the molecule is CCNCc1cn(Cc2ccno2)c2ccccc12. The van der Waals surface area contributed by atoms with Gasteiger partial charge in [-0.1, -0.05) is 30.3 Å². The largest absolute Gasteiger partial charge is 0.359 e. The zero-order chi connectivity index (χ0) is 13.1. The molecule has 4 heteroatoms. The van der Waals surface area contributed by atoms with Gasteiger partial charge in [0.2, 0.25) is 0 Å². The molecule has 0 amide bonds. The molecular formula is C15H17N3O. The third-order valence-electron chi connectivity index (χ3n) is 3.25. The molecule has 0 fully saturated rings. The van der Waals surface area contributed by atoms with Crippen LogP contribution in [0.4, 0.5) is 0 Å². The first-order valence-electron chi connectivity index (χ1n) is 6.55. The molecule has 0 spiro atoms. The molecule has 0 aliphatic heterocycles. The summed E-state index contributed by atoms with van der Waals surface area (Å²) in [4.78, 5) is 0. The fraction of sp³-hybridized carbons (Fsp3) is 0.267. The highest BCUT2D eigenvalue weighted by Gasteiger charge is 2.09. The standard InChI is InChI=1S/C15H17N3O/c1-2-16-9-12-10-18(11-13-7-8-17-19-13)15-6-4-3-5-14(12)15/h3-8,10,16H,2,9,11H2,1H3. The number of fused-ring (bicyclic) bond motifs is 1. The van der Waals surface area contributed by atoms with Gasteiger partial charge < -0.3 is 14.4 Å². The third-order valence-corrected chi connectivity index (χ3v) is 3.25. The van der Waals surface area contributed by atoms with Crippen LogP contribution < -0.4 is 5.32 Å². The van der Waals surface area contributed by atoms with E-state index in [0.29, 0.717) is 6.54 Å². The van der Waals surface area contributed by atoms with Crippen molar-refractivity contribution in [3.63, 3.8) is 0 Å². The Morgan fingerprint density at radius 1 is 1.26 bits per heavy atom. The van der Waals surface area contributed by atoms with E-state index in [1.807, 2.05) is 6.07 Å². The van der Waals surface area contributed by atoms with E-state index in [-0.39, 0.29) is 0 Å². The number of nitrogens with zero attached hydrogens (tertiary/aromatic N) is 2. The van der Waals surface area contributed by atoms with E-state index in [1.54, 1.807) is 6.20 Å². The lowest BCUT2D eigenvalue weighted by Crippen LogP contribution is -2.11. The van der Waals surface area contributed by atoms with E-state index in [0.717, 1.165) is 18.8 Å². The van der Waals surface area contributed by atoms with Crippen molar-refractivity contribution in [1.29, 1.82) is 0 Å². The van der Waals surface area contributed by atoms with Crippen LogP contribution in [0.1, 0.15) is 18.2 Å². The van der Waals surface area contributed by atoms with Crippen molar-refractivity contribution in [2.75, 3.05) is 6.54 Å². The first kappa shape index (κ1) is 12.0. The van der Waals surface area contributed by atoms with Gasteiger partial charge in [0.25, 0.3) is 0 Å². The van der Waals surface area contributed by atoms with Crippen LogP contribution in [0.2, 0.25) is 0 Å². The predicted molar refractivity (Wildman–Crippen MR) is 74.9 cm³/mol. The van der Waals surface area contributed by atoms with Gasteiger partial charge in [-0.05, 0) is 18.2 Å². The summed E-state index contributed by atoms with van der Waals surface area (Å²) in [5.74, 6) is 0.871. The van der Waals surface area contributed by atoms with Crippen molar-refractivity contribution >= 4 is 10.9 Å². The molecule has 98 valence electrons. The van der Waals surface area contributed by atoms with Crippen LogP contribution in [0.15, 0.2) is 47.2 Å². The van der Waals surface area contributed by atoms with Gasteiger partial charge in [-0.15, -0.1) is 0 Å². The van der Waals surface area contributed by atoms with Gasteiger partial charge in [-0.3, -0.25) is 0 Å². The first-order chi connectivity index (χ1) is 9.38. The summed E-state index contributed by atoms with van der Waals surface area (Å²) in [5.41, 5.74) is 2.55. The van der Waals surface area contributed by atoms with Crippen molar-refractivity contribution in [1.82, 2.24) is 15.0 Å². The molecule has 2 aromatic heterocycles. The summed E-state index contributed by atoms with van der Waals surface area (Å²) in [5, 5.41) is 8.43. The molecule has 0 bridgehead atoms. The van der Waals surface area contributed by atoms with Crippen LogP contribution in [-0.2, 0) is 13.1 Å². The highest BCUT2D eigenvalue weighted by Crippen LogP contribution is 2.22. The van der Waals surface area contributed by atoms with Gasteiger partial charge in [0, 0.05) is 29.7 Å². The average Bonchev–Trinajstić information content (AvgIpc) is 3.06. The van der Waals surface area contributed by atoms with Crippen LogP contribution in [-0.4, -0.2) is 16.3 Å². The van der Waals surface area contributed by atoms with Crippen LogP contribution >= 0.6 is 0 Å². The van der Waals surface area contributed by atoms with Crippen molar-refractivity contribution < 1.29 is 4.52 Å². The van der Waals surface area contributed by atoms with E-state index in [9.17, 15) is 0 Å². The molecule has 0 aliphatic rings. The molecule has 1 aromatic carbocycles. The van der Waals surface area contributed by atoms with Crippen molar-refractivity contribution in [3.8, 4) is 0 Å². The number of aromatic nitrogens is 2. The summed E-state index contributed by atoms with van der Waals surface area (Å²) >= 11 is 0. The molecule has 4 nitrogen and oxygen atoms in total. The number of benzene rings is 1. The first-order valence-corrected chi connectivity index (χ1v) is 6.55. The topological polar surface area (TPSA) is 43.0 Å². The molecule has 0 saturated carbocycles. The molecule has 1 N–H and O–H groups in total. The molecule has 0 saturated heterocycles. The Balaban J connectivity index is 1.99. The maximum absolute atomic E-state index is 5.19. The summed E-state index contributed by atoms with van der Waals surface area (Å²) in [6, 6.07) is 10.4. The molecule has 3 aromatic rings. The lowest BCUT2D eigenvalue weighted by Gasteiger charge is -2.01. The normalized spacial score (nSPS) is 11.2. The monoisotopic (exact) mass is 255 g/mol. The molecule has 3 rings (SSSR count). The molecular weight excluding hydrogens is 238 g/mol. The maximum atomic E-state index is 5.19. The molecule has 0 atom stereocenters. The van der Waals surface area contributed by atoms with Gasteiger partial charge in [-0.2, -0.15) is 0 Å². The van der Waals surface area contributed by atoms with Crippen LogP contribution in [0.5, 0.6) is 0 Å². The van der Waals surface area contributed by atoms with E-state index in [1.165, 1.54) is 16.5 Å².